The first kappa shape index (κ1) is 10.5. The molecule has 0 aromatic rings. The lowest BCUT2D eigenvalue weighted by Crippen LogP contribution is -2.41. The highest BCUT2D eigenvalue weighted by Gasteiger charge is 2.21. The molecule has 0 saturated carbocycles. The lowest BCUT2D eigenvalue weighted by Gasteiger charge is -2.29. The molecule has 13 heavy (non-hydrogen) atoms. The summed E-state index contributed by atoms with van der Waals surface area (Å²) >= 11 is 0. The summed E-state index contributed by atoms with van der Waals surface area (Å²) in [5.74, 6) is 0.574. The minimum absolute atomic E-state index is 0.0584. The summed E-state index contributed by atoms with van der Waals surface area (Å²) in [7, 11) is 0. The van der Waals surface area contributed by atoms with E-state index in [9.17, 15) is 0 Å². The highest BCUT2D eigenvalue weighted by molar-refractivity contribution is 4.89. The molecule has 3 unspecified atom stereocenters. The molecule has 0 bridgehead atoms. The Bertz CT molecular complexity index is 182. The third kappa shape index (κ3) is 3.33. The fourth-order valence-corrected chi connectivity index (χ4v) is 1.73. The van der Waals surface area contributed by atoms with Gasteiger partial charge in [-0.25, -0.2) is 0 Å². The zero-order valence-electron chi connectivity index (χ0n) is 8.42. The smallest absolute Gasteiger partial charge is 0.0926 e. The molecule has 0 aliphatic carbocycles. The topological polar surface area (TPSA) is 45.0 Å². The van der Waals surface area contributed by atoms with Gasteiger partial charge in [-0.2, -0.15) is 5.26 Å². The number of hydrogen-bond donors (Lipinski definition) is 1. The van der Waals surface area contributed by atoms with Crippen LogP contribution in [0, 0.1) is 17.2 Å². The molecule has 0 radical (unpaired) electrons. The van der Waals surface area contributed by atoms with E-state index in [1.54, 1.807) is 0 Å². The third-order valence-electron chi connectivity index (χ3n) is 2.61. The van der Waals surface area contributed by atoms with Gasteiger partial charge in [0.05, 0.1) is 18.7 Å². The number of hydrogen-bond acceptors (Lipinski definition) is 3. The van der Waals surface area contributed by atoms with Crippen LogP contribution in [0.3, 0.4) is 0 Å². The van der Waals surface area contributed by atoms with Crippen LogP contribution >= 0.6 is 0 Å². The van der Waals surface area contributed by atoms with Gasteiger partial charge in [0.25, 0.3) is 0 Å². The summed E-state index contributed by atoms with van der Waals surface area (Å²) in [6.07, 6.45) is 2.37. The van der Waals surface area contributed by atoms with E-state index in [1.165, 1.54) is 6.42 Å². The molecular formula is C10H18N2O. The van der Waals surface area contributed by atoms with Crippen LogP contribution in [0.5, 0.6) is 0 Å². The Hall–Kier alpha value is -0.590. The zero-order chi connectivity index (χ0) is 9.68. The molecular weight excluding hydrogens is 164 g/mol. The molecule has 1 N–H and O–H groups in total. The molecule has 0 aromatic heterocycles. The van der Waals surface area contributed by atoms with Crippen LogP contribution in [-0.4, -0.2) is 25.3 Å². The number of nitrogens with zero attached hydrogens (tertiary/aromatic N) is 1. The van der Waals surface area contributed by atoms with Crippen LogP contribution in [0.2, 0.25) is 0 Å². The fraction of sp³-hybridized carbons (Fsp3) is 0.900. The van der Waals surface area contributed by atoms with Crippen molar-refractivity contribution >= 4 is 0 Å². The molecule has 3 atom stereocenters. The highest BCUT2D eigenvalue weighted by atomic mass is 16.5. The molecule has 0 spiro atoms. The van der Waals surface area contributed by atoms with Crippen LogP contribution in [0.15, 0.2) is 0 Å². The molecule has 1 aliphatic heterocycles. The van der Waals surface area contributed by atoms with Gasteiger partial charge in [-0.3, -0.25) is 5.32 Å². The van der Waals surface area contributed by atoms with E-state index in [-0.39, 0.29) is 6.04 Å². The second kappa shape index (κ2) is 5.21. The summed E-state index contributed by atoms with van der Waals surface area (Å²) < 4.78 is 5.40. The van der Waals surface area contributed by atoms with Crippen LogP contribution < -0.4 is 5.32 Å². The van der Waals surface area contributed by atoms with E-state index in [0.29, 0.717) is 12.0 Å². The van der Waals surface area contributed by atoms with E-state index in [4.69, 9.17) is 10.00 Å². The van der Waals surface area contributed by atoms with Gasteiger partial charge >= 0.3 is 0 Å². The number of ether oxygens (including phenoxy) is 1. The predicted molar refractivity (Wildman–Crippen MR) is 51.2 cm³/mol. The SMILES string of the molecule is CC(C#N)NC(C)C1CCCOC1. The maximum absolute atomic E-state index is 8.64. The predicted octanol–water partition coefficient (Wildman–Crippen LogP) is 1.30. The Kier molecular flexibility index (Phi) is 4.20. The summed E-state index contributed by atoms with van der Waals surface area (Å²) in [6.45, 7) is 5.76. The van der Waals surface area contributed by atoms with Crippen LogP contribution in [0.25, 0.3) is 0 Å². The monoisotopic (exact) mass is 182 g/mol. The summed E-state index contributed by atoms with van der Waals surface area (Å²) in [5, 5.41) is 11.9. The minimum Gasteiger partial charge on any atom is -0.381 e. The van der Waals surface area contributed by atoms with Gasteiger partial charge in [-0.15, -0.1) is 0 Å². The molecule has 74 valence electrons. The van der Waals surface area contributed by atoms with E-state index in [1.807, 2.05) is 6.92 Å². The first-order valence-corrected chi connectivity index (χ1v) is 4.97. The van der Waals surface area contributed by atoms with E-state index < -0.39 is 0 Å². The van der Waals surface area contributed by atoms with Crippen molar-refractivity contribution in [2.24, 2.45) is 5.92 Å². The minimum atomic E-state index is -0.0584. The fourth-order valence-electron chi connectivity index (χ4n) is 1.73. The van der Waals surface area contributed by atoms with E-state index in [2.05, 4.69) is 18.3 Å². The van der Waals surface area contributed by atoms with Gasteiger partial charge in [0, 0.05) is 12.6 Å². The molecule has 3 nitrogen and oxygen atoms in total. The Morgan fingerprint density at radius 1 is 1.54 bits per heavy atom. The first-order valence-electron chi connectivity index (χ1n) is 4.97. The molecule has 0 aromatic carbocycles. The van der Waals surface area contributed by atoms with Gasteiger partial charge < -0.3 is 4.74 Å². The second-order valence-electron chi connectivity index (χ2n) is 3.78. The zero-order valence-corrected chi connectivity index (χ0v) is 8.42. The normalized spacial score (nSPS) is 27.6. The van der Waals surface area contributed by atoms with Crippen LogP contribution in [0.1, 0.15) is 26.7 Å². The number of nitrogens with one attached hydrogen (secondary N) is 1. The summed E-state index contributed by atoms with van der Waals surface area (Å²) in [5.41, 5.74) is 0. The van der Waals surface area contributed by atoms with Crippen molar-refractivity contribution in [2.75, 3.05) is 13.2 Å². The van der Waals surface area contributed by atoms with Crippen molar-refractivity contribution in [3.63, 3.8) is 0 Å². The van der Waals surface area contributed by atoms with Crippen LogP contribution in [0.4, 0.5) is 0 Å². The lowest BCUT2D eigenvalue weighted by molar-refractivity contribution is 0.0414. The summed E-state index contributed by atoms with van der Waals surface area (Å²) in [4.78, 5) is 0. The first-order chi connectivity index (χ1) is 6.24. The number of rotatable bonds is 3. The standard InChI is InChI=1S/C10H18N2O/c1-8(6-11)12-9(2)10-4-3-5-13-7-10/h8-10,12H,3-5,7H2,1-2H3. The molecule has 1 aliphatic rings. The molecule has 1 fully saturated rings. The Morgan fingerprint density at radius 2 is 2.31 bits per heavy atom. The summed E-state index contributed by atoms with van der Waals surface area (Å²) in [6, 6.07) is 2.51. The second-order valence-corrected chi connectivity index (χ2v) is 3.78. The van der Waals surface area contributed by atoms with Crippen molar-refractivity contribution in [3.05, 3.63) is 0 Å². The van der Waals surface area contributed by atoms with E-state index in [0.717, 1.165) is 19.6 Å². The number of nitriles is 1. The average molecular weight is 182 g/mol. The molecule has 1 heterocycles. The Balaban J connectivity index is 2.29. The third-order valence-corrected chi connectivity index (χ3v) is 2.61. The van der Waals surface area contributed by atoms with Gasteiger partial charge in [0.15, 0.2) is 0 Å². The largest absolute Gasteiger partial charge is 0.381 e. The van der Waals surface area contributed by atoms with Gasteiger partial charge in [0.2, 0.25) is 0 Å². The average Bonchev–Trinajstić information content (AvgIpc) is 2.19. The van der Waals surface area contributed by atoms with Gasteiger partial charge in [-0.1, -0.05) is 0 Å². The van der Waals surface area contributed by atoms with Crippen molar-refractivity contribution in [2.45, 2.75) is 38.8 Å². The van der Waals surface area contributed by atoms with Crippen molar-refractivity contribution in [1.29, 1.82) is 5.26 Å². The molecule has 1 rings (SSSR count). The lowest BCUT2D eigenvalue weighted by atomic mass is 9.94. The Morgan fingerprint density at radius 3 is 2.85 bits per heavy atom. The van der Waals surface area contributed by atoms with Crippen molar-refractivity contribution in [3.8, 4) is 6.07 Å². The van der Waals surface area contributed by atoms with Gasteiger partial charge in [0.1, 0.15) is 0 Å². The highest BCUT2D eigenvalue weighted by Crippen LogP contribution is 2.17. The van der Waals surface area contributed by atoms with E-state index >= 15 is 0 Å². The van der Waals surface area contributed by atoms with Crippen LogP contribution in [-0.2, 0) is 4.74 Å². The quantitative estimate of drug-likeness (QED) is 0.715. The Labute approximate surface area is 80.1 Å². The molecule has 0 amide bonds. The van der Waals surface area contributed by atoms with Gasteiger partial charge in [-0.05, 0) is 32.6 Å². The maximum Gasteiger partial charge on any atom is 0.0926 e. The molecule has 1 saturated heterocycles. The molecule has 3 heteroatoms. The van der Waals surface area contributed by atoms with Crippen molar-refractivity contribution < 1.29 is 4.74 Å². The van der Waals surface area contributed by atoms with Crippen molar-refractivity contribution in [1.82, 2.24) is 5.32 Å². The maximum atomic E-state index is 8.64.